The normalized spacial score (nSPS) is 11.2. The third-order valence-corrected chi connectivity index (χ3v) is 2.63. The van der Waals surface area contributed by atoms with E-state index < -0.39 is 0 Å². The van der Waals surface area contributed by atoms with Crippen LogP contribution in [0.5, 0.6) is 0 Å². The second-order valence-corrected chi connectivity index (χ2v) is 2.80. The van der Waals surface area contributed by atoms with Gasteiger partial charge in [0.25, 0.3) is 0 Å². The highest BCUT2D eigenvalue weighted by Crippen LogP contribution is 2.09. The van der Waals surface area contributed by atoms with Gasteiger partial charge in [0.15, 0.2) is 0 Å². The Morgan fingerprint density at radius 2 is 2.44 bits per heavy atom. The van der Waals surface area contributed by atoms with Crippen molar-refractivity contribution >= 4 is 44.5 Å². The van der Waals surface area contributed by atoms with Crippen LogP contribution < -0.4 is 0 Å². The van der Waals surface area contributed by atoms with Gasteiger partial charge in [-0.05, 0) is 29.5 Å². The molecule has 0 bridgehead atoms. The predicted octanol–water partition coefficient (Wildman–Crippen LogP) is 2.22. The minimum atomic E-state index is -0.282. The number of carbonyl (C=O) groups excluding carboxylic acids is 1. The lowest BCUT2D eigenvalue weighted by Crippen LogP contribution is -2.02. The highest BCUT2D eigenvalue weighted by atomic mass is 127. The Morgan fingerprint density at radius 1 is 1.89 bits per heavy atom. The molecule has 0 heterocycles. The number of rotatable bonds is 2. The van der Waals surface area contributed by atoms with E-state index in [4.69, 9.17) is 0 Å². The van der Waals surface area contributed by atoms with Gasteiger partial charge in [-0.25, -0.2) is 4.79 Å². The minimum Gasteiger partial charge on any atom is -0.462 e. The smallest absolute Gasteiger partial charge is 0.344 e. The molecule has 4 heteroatoms. The fraction of sp³-hybridized carbons (Fsp3) is 0.400. The van der Waals surface area contributed by atoms with Gasteiger partial charge in [-0.1, -0.05) is 15.9 Å². The molecule has 0 amide bonds. The van der Waals surface area contributed by atoms with Crippen LogP contribution in [0.4, 0.5) is 0 Å². The van der Waals surface area contributed by atoms with Crippen molar-refractivity contribution in [3.05, 3.63) is 8.57 Å². The van der Waals surface area contributed by atoms with Gasteiger partial charge >= 0.3 is 5.97 Å². The second kappa shape index (κ2) is 5.22. The molecule has 0 aliphatic heterocycles. The zero-order valence-corrected chi connectivity index (χ0v) is 8.60. The molecule has 0 rings (SSSR count). The number of halogens is 2. The van der Waals surface area contributed by atoms with Gasteiger partial charge in [-0.15, -0.1) is 0 Å². The Balaban J connectivity index is 3.74. The molecule has 0 saturated heterocycles. The van der Waals surface area contributed by atoms with Crippen LogP contribution in [-0.4, -0.2) is 12.6 Å². The molecule has 0 aromatic rings. The number of esters is 1. The molecule has 0 spiro atoms. The van der Waals surface area contributed by atoms with E-state index in [0.717, 1.165) is 0 Å². The Labute approximate surface area is 75.9 Å². The van der Waals surface area contributed by atoms with Crippen molar-refractivity contribution < 1.29 is 9.53 Å². The van der Waals surface area contributed by atoms with Crippen molar-refractivity contribution in [2.75, 3.05) is 6.61 Å². The zero-order chi connectivity index (χ0) is 7.28. The lowest BCUT2D eigenvalue weighted by Gasteiger charge is -1.96. The van der Waals surface area contributed by atoms with Crippen molar-refractivity contribution in [3.8, 4) is 0 Å². The van der Waals surface area contributed by atoms with E-state index in [-0.39, 0.29) is 5.97 Å². The Bertz CT molecular complexity index is 133. The Morgan fingerprint density at radius 3 is 2.78 bits per heavy atom. The summed E-state index contributed by atoms with van der Waals surface area (Å²) in [4.78, 5) is 12.2. The van der Waals surface area contributed by atoms with Crippen molar-refractivity contribution in [2.45, 2.75) is 6.92 Å². The van der Waals surface area contributed by atoms with Gasteiger partial charge in [0.1, 0.15) is 3.58 Å². The number of hydrogen-bond acceptors (Lipinski definition) is 2. The van der Waals surface area contributed by atoms with Crippen LogP contribution >= 0.6 is 38.5 Å². The molecule has 9 heavy (non-hydrogen) atoms. The standard InChI is InChI=1S/C5H6BrIO2/c1-2-9-5(8)4(7)3-6/h3H,2H2,1H3. The molecule has 0 atom stereocenters. The molecule has 0 saturated carbocycles. The summed E-state index contributed by atoms with van der Waals surface area (Å²) in [6, 6.07) is 0. The maximum absolute atomic E-state index is 10.6. The minimum absolute atomic E-state index is 0.282. The Kier molecular flexibility index (Phi) is 5.47. The van der Waals surface area contributed by atoms with Gasteiger partial charge in [-0.3, -0.25) is 0 Å². The molecule has 0 aromatic heterocycles. The van der Waals surface area contributed by atoms with E-state index in [1.54, 1.807) is 6.92 Å². The van der Waals surface area contributed by atoms with Crippen LogP contribution in [-0.2, 0) is 9.53 Å². The maximum atomic E-state index is 10.6. The molecule has 0 fully saturated rings. The van der Waals surface area contributed by atoms with Gasteiger partial charge in [0.05, 0.1) is 6.61 Å². The van der Waals surface area contributed by atoms with Gasteiger partial charge < -0.3 is 4.74 Å². The molecule has 0 N–H and O–H groups in total. The SMILES string of the molecule is CCOC(=O)C(I)=CBr. The van der Waals surface area contributed by atoms with Crippen molar-refractivity contribution in [1.29, 1.82) is 0 Å². The molecule has 2 nitrogen and oxygen atoms in total. The summed E-state index contributed by atoms with van der Waals surface area (Å²) in [6.07, 6.45) is 0. The molecular formula is C5H6BrIO2. The largest absolute Gasteiger partial charge is 0.462 e. The average molecular weight is 305 g/mol. The highest BCUT2D eigenvalue weighted by Gasteiger charge is 2.03. The summed E-state index contributed by atoms with van der Waals surface area (Å²) in [7, 11) is 0. The lowest BCUT2D eigenvalue weighted by atomic mass is 10.6. The van der Waals surface area contributed by atoms with E-state index in [1.165, 1.54) is 4.99 Å². The van der Waals surface area contributed by atoms with E-state index in [9.17, 15) is 4.79 Å². The second-order valence-electron chi connectivity index (χ2n) is 1.18. The highest BCUT2D eigenvalue weighted by molar-refractivity contribution is 14.1. The van der Waals surface area contributed by atoms with Crippen LogP contribution in [0.1, 0.15) is 6.92 Å². The third-order valence-electron chi connectivity index (χ3n) is 0.566. The molecule has 0 radical (unpaired) electrons. The first kappa shape index (κ1) is 9.42. The molecule has 0 aromatic carbocycles. The monoisotopic (exact) mass is 304 g/mol. The number of ether oxygens (including phenoxy) is 1. The summed E-state index contributed by atoms with van der Waals surface area (Å²) >= 11 is 4.91. The summed E-state index contributed by atoms with van der Waals surface area (Å²) < 4.78 is 5.20. The molecule has 52 valence electrons. The van der Waals surface area contributed by atoms with E-state index >= 15 is 0 Å². The lowest BCUT2D eigenvalue weighted by molar-refractivity contribution is -0.137. The first-order valence-electron chi connectivity index (χ1n) is 2.35. The quantitative estimate of drug-likeness (QED) is 0.444. The zero-order valence-electron chi connectivity index (χ0n) is 4.86. The maximum Gasteiger partial charge on any atom is 0.344 e. The predicted molar refractivity (Wildman–Crippen MR) is 47.7 cm³/mol. The molecular weight excluding hydrogens is 299 g/mol. The first-order chi connectivity index (χ1) is 4.22. The topological polar surface area (TPSA) is 26.3 Å². The van der Waals surface area contributed by atoms with Gasteiger partial charge in [-0.2, -0.15) is 0 Å². The first-order valence-corrected chi connectivity index (χ1v) is 4.34. The molecule has 0 aliphatic rings. The van der Waals surface area contributed by atoms with Crippen LogP contribution in [0.15, 0.2) is 8.57 Å². The van der Waals surface area contributed by atoms with Crippen molar-refractivity contribution in [2.24, 2.45) is 0 Å². The van der Waals surface area contributed by atoms with Gasteiger partial charge in [0, 0.05) is 4.99 Å². The van der Waals surface area contributed by atoms with Crippen LogP contribution in [0.25, 0.3) is 0 Å². The number of hydrogen-bond donors (Lipinski definition) is 0. The fourth-order valence-electron chi connectivity index (χ4n) is 0.245. The fourth-order valence-corrected chi connectivity index (χ4v) is 0.587. The molecule has 0 unspecified atom stereocenters. The third kappa shape index (κ3) is 3.91. The summed E-state index contributed by atoms with van der Waals surface area (Å²) in [5.41, 5.74) is 0. The summed E-state index contributed by atoms with van der Waals surface area (Å²) in [5.74, 6) is -0.282. The summed E-state index contributed by atoms with van der Waals surface area (Å²) in [6.45, 7) is 2.20. The van der Waals surface area contributed by atoms with Crippen LogP contribution in [0.3, 0.4) is 0 Å². The van der Waals surface area contributed by atoms with E-state index in [0.29, 0.717) is 10.2 Å². The van der Waals surface area contributed by atoms with Crippen LogP contribution in [0.2, 0.25) is 0 Å². The average Bonchev–Trinajstić information content (AvgIpc) is 1.87. The van der Waals surface area contributed by atoms with Crippen molar-refractivity contribution in [3.63, 3.8) is 0 Å². The Hall–Kier alpha value is 0.420. The van der Waals surface area contributed by atoms with E-state index in [1.807, 2.05) is 22.6 Å². The van der Waals surface area contributed by atoms with Gasteiger partial charge in [0.2, 0.25) is 0 Å². The van der Waals surface area contributed by atoms with Crippen molar-refractivity contribution in [1.82, 2.24) is 0 Å². The number of carbonyl (C=O) groups is 1. The summed E-state index contributed by atoms with van der Waals surface area (Å²) in [5, 5.41) is 0. The van der Waals surface area contributed by atoms with Crippen LogP contribution in [0, 0.1) is 0 Å². The molecule has 0 aliphatic carbocycles. The van der Waals surface area contributed by atoms with E-state index in [2.05, 4.69) is 20.7 Å².